The Hall–Kier alpha value is -3.85. The van der Waals surface area contributed by atoms with Gasteiger partial charge in [0, 0.05) is 10.2 Å². The number of hydrogen-bond acceptors (Lipinski definition) is 5. The van der Waals surface area contributed by atoms with Gasteiger partial charge in [-0.15, -0.1) is 0 Å². The van der Waals surface area contributed by atoms with E-state index in [1.165, 1.54) is 18.3 Å². The van der Waals surface area contributed by atoms with Crippen LogP contribution in [0.5, 0.6) is 5.75 Å². The van der Waals surface area contributed by atoms with Crippen molar-refractivity contribution in [3.05, 3.63) is 94.2 Å². The average molecular weight is 484 g/mol. The third kappa shape index (κ3) is 6.58. The van der Waals surface area contributed by atoms with E-state index < -0.39 is 23.6 Å². The van der Waals surface area contributed by atoms with E-state index in [0.29, 0.717) is 16.9 Å². The van der Waals surface area contributed by atoms with E-state index in [4.69, 9.17) is 4.74 Å². The van der Waals surface area contributed by atoms with Gasteiger partial charge >= 0.3 is 17.8 Å². The molecule has 0 bridgehead atoms. The number of rotatable bonds is 5. The largest absolute Gasteiger partial charge is 0.423 e. The Morgan fingerprint density at radius 1 is 0.935 bits per heavy atom. The van der Waals surface area contributed by atoms with Crippen LogP contribution in [-0.4, -0.2) is 24.0 Å². The van der Waals surface area contributed by atoms with Crippen molar-refractivity contribution in [1.82, 2.24) is 5.43 Å². The molecule has 0 fully saturated rings. The van der Waals surface area contributed by atoms with Gasteiger partial charge in [0.2, 0.25) is 0 Å². The Balaban J connectivity index is 1.50. The highest BCUT2D eigenvalue weighted by atomic mass is 79.9. The molecule has 0 aliphatic rings. The molecule has 0 aromatic heterocycles. The van der Waals surface area contributed by atoms with Crippen LogP contribution in [0.15, 0.2) is 82.4 Å². The summed E-state index contributed by atoms with van der Waals surface area (Å²) in [6.45, 7) is 0. The number of carbonyl (C=O) groups excluding carboxylic acids is 3. The summed E-state index contributed by atoms with van der Waals surface area (Å²) in [4.78, 5) is 35.7. The molecule has 2 amide bonds. The minimum Gasteiger partial charge on any atom is -0.423 e. The summed E-state index contributed by atoms with van der Waals surface area (Å²) in [5.41, 5.74) is 3.37. The molecule has 0 radical (unpaired) electrons. The summed E-state index contributed by atoms with van der Waals surface area (Å²) in [6, 6.07) is 18.2. The molecular formula is C22H15BrFN3O4. The van der Waals surface area contributed by atoms with Crippen molar-refractivity contribution in [2.24, 2.45) is 5.10 Å². The first kappa shape index (κ1) is 21.8. The molecule has 0 saturated carbocycles. The molecule has 0 saturated heterocycles. The Bertz CT molecular complexity index is 1130. The average Bonchev–Trinajstić information content (AvgIpc) is 2.76. The van der Waals surface area contributed by atoms with Crippen molar-refractivity contribution in [1.29, 1.82) is 0 Å². The number of hydrazone groups is 1. The Morgan fingerprint density at radius 3 is 2.32 bits per heavy atom. The molecule has 0 spiro atoms. The van der Waals surface area contributed by atoms with Crippen molar-refractivity contribution in [3.8, 4) is 5.75 Å². The van der Waals surface area contributed by atoms with Crippen molar-refractivity contribution in [3.63, 3.8) is 0 Å². The molecule has 31 heavy (non-hydrogen) atoms. The van der Waals surface area contributed by atoms with Gasteiger partial charge in [-0.3, -0.25) is 9.59 Å². The summed E-state index contributed by atoms with van der Waals surface area (Å²) in [7, 11) is 0. The predicted octanol–water partition coefficient (Wildman–Crippen LogP) is 3.90. The third-order valence-electron chi connectivity index (χ3n) is 3.84. The van der Waals surface area contributed by atoms with Crippen LogP contribution in [0.2, 0.25) is 0 Å². The second-order valence-electron chi connectivity index (χ2n) is 6.13. The van der Waals surface area contributed by atoms with Crippen LogP contribution in [0.4, 0.5) is 10.1 Å². The van der Waals surface area contributed by atoms with E-state index in [1.54, 1.807) is 48.5 Å². The molecule has 0 atom stereocenters. The molecule has 0 heterocycles. The van der Waals surface area contributed by atoms with Gasteiger partial charge in [0.15, 0.2) is 0 Å². The molecule has 3 rings (SSSR count). The van der Waals surface area contributed by atoms with Crippen molar-refractivity contribution in [2.75, 3.05) is 5.32 Å². The van der Waals surface area contributed by atoms with Crippen molar-refractivity contribution < 1.29 is 23.5 Å². The zero-order valence-electron chi connectivity index (χ0n) is 15.8. The minimum absolute atomic E-state index is 0.276. The normalized spacial score (nSPS) is 10.5. The van der Waals surface area contributed by atoms with E-state index >= 15 is 0 Å². The Kier molecular flexibility index (Phi) is 7.23. The van der Waals surface area contributed by atoms with E-state index in [9.17, 15) is 18.8 Å². The number of halogens is 2. The maximum Gasteiger partial charge on any atom is 0.343 e. The Morgan fingerprint density at radius 2 is 1.65 bits per heavy atom. The summed E-state index contributed by atoms with van der Waals surface area (Å²) in [6.07, 6.45) is 1.32. The van der Waals surface area contributed by atoms with Crippen LogP contribution in [0.3, 0.4) is 0 Å². The monoisotopic (exact) mass is 483 g/mol. The Labute approximate surface area is 185 Å². The quantitative estimate of drug-likeness (QED) is 0.189. The summed E-state index contributed by atoms with van der Waals surface area (Å²) in [5, 5.41) is 6.03. The van der Waals surface area contributed by atoms with Crippen LogP contribution in [0.25, 0.3) is 0 Å². The molecule has 9 heteroatoms. The number of benzene rings is 3. The second kappa shape index (κ2) is 10.3. The molecular weight excluding hydrogens is 469 g/mol. The second-order valence-corrected chi connectivity index (χ2v) is 7.04. The predicted molar refractivity (Wildman–Crippen MR) is 116 cm³/mol. The number of nitrogens with zero attached hydrogens (tertiary/aromatic N) is 1. The molecule has 0 unspecified atom stereocenters. The highest BCUT2D eigenvalue weighted by Gasteiger charge is 2.13. The third-order valence-corrected chi connectivity index (χ3v) is 4.33. The lowest BCUT2D eigenvalue weighted by molar-refractivity contribution is -0.136. The molecule has 3 aromatic rings. The first-order valence-corrected chi connectivity index (χ1v) is 9.68. The topological polar surface area (TPSA) is 96.9 Å². The van der Waals surface area contributed by atoms with Gasteiger partial charge in [0.05, 0.1) is 11.8 Å². The lowest BCUT2D eigenvalue weighted by Gasteiger charge is -2.05. The lowest BCUT2D eigenvalue weighted by Crippen LogP contribution is -2.32. The van der Waals surface area contributed by atoms with Crippen LogP contribution < -0.4 is 15.5 Å². The molecule has 7 nitrogen and oxygen atoms in total. The SMILES string of the molecule is O=C(N/N=C\c1ccc(OC(=O)c2cccc(Br)c2)cc1)C(=O)Nc1ccc(F)cc1. The van der Waals surface area contributed by atoms with Crippen LogP contribution in [0, 0.1) is 5.82 Å². The molecule has 0 aliphatic carbocycles. The highest BCUT2D eigenvalue weighted by molar-refractivity contribution is 9.10. The first-order chi connectivity index (χ1) is 14.9. The maximum atomic E-state index is 12.9. The molecule has 2 N–H and O–H groups in total. The smallest absolute Gasteiger partial charge is 0.343 e. The molecule has 156 valence electrons. The fourth-order valence-corrected chi connectivity index (χ4v) is 2.74. The lowest BCUT2D eigenvalue weighted by atomic mass is 10.2. The summed E-state index contributed by atoms with van der Waals surface area (Å²) in [5.74, 6) is -2.55. The van der Waals surface area contributed by atoms with Gasteiger partial charge in [0.25, 0.3) is 0 Å². The van der Waals surface area contributed by atoms with E-state index in [2.05, 4.69) is 31.8 Å². The first-order valence-electron chi connectivity index (χ1n) is 8.88. The number of ether oxygens (including phenoxy) is 1. The number of nitrogens with one attached hydrogen (secondary N) is 2. The fourth-order valence-electron chi connectivity index (χ4n) is 2.34. The van der Waals surface area contributed by atoms with Crippen LogP contribution >= 0.6 is 15.9 Å². The minimum atomic E-state index is -0.986. The highest BCUT2D eigenvalue weighted by Crippen LogP contribution is 2.16. The maximum absolute atomic E-state index is 12.9. The van der Waals surface area contributed by atoms with Crippen LogP contribution in [0.1, 0.15) is 15.9 Å². The molecule has 3 aromatic carbocycles. The summed E-state index contributed by atoms with van der Waals surface area (Å²) < 4.78 is 18.9. The van der Waals surface area contributed by atoms with E-state index in [1.807, 2.05) is 0 Å². The van der Waals surface area contributed by atoms with Gasteiger partial charge in [-0.05, 0) is 72.3 Å². The van der Waals surface area contributed by atoms with E-state index in [0.717, 1.165) is 16.6 Å². The zero-order chi connectivity index (χ0) is 22.2. The van der Waals surface area contributed by atoms with Crippen LogP contribution in [-0.2, 0) is 9.59 Å². The van der Waals surface area contributed by atoms with Gasteiger partial charge < -0.3 is 10.1 Å². The van der Waals surface area contributed by atoms with Gasteiger partial charge in [0.1, 0.15) is 11.6 Å². The number of anilines is 1. The van der Waals surface area contributed by atoms with Gasteiger partial charge in [-0.2, -0.15) is 5.10 Å². The standard InChI is InChI=1S/C22H15BrFN3O4/c23-16-3-1-2-15(12-16)22(30)31-19-10-4-14(5-11-19)13-25-27-21(29)20(28)26-18-8-6-17(24)7-9-18/h1-13H,(H,26,28)(H,27,29)/b25-13-. The van der Waals surface area contributed by atoms with Gasteiger partial charge in [-0.25, -0.2) is 14.6 Å². The van der Waals surface area contributed by atoms with Gasteiger partial charge in [-0.1, -0.05) is 22.0 Å². The number of amides is 2. The summed E-state index contributed by atoms with van der Waals surface area (Å²) >= 11 is 3.30. The van der Waals surface area contributed by atoms with Crippen molar-refractivity contribution in [2.45, 2.75) is 0 Å². The van der Waals surface area contributed by atoms with E-state index in [-0.39, 0.29) is 5.69 Å². The zero-order valence-corrected chi connectivity index (χ0v) is 17.4. The number of carbonyl (C=O) groups is 3. The molecule has 0 aliphatic heterocycles. The van der Waals surface area contributed by atoms with Crippen molar-refractivity contribution >= 4 is 45.6 Å². The number of hydrogen-bond donors (Lipinski definition) is 2. The fraction of sp³-hybridized carbons (Fsp3) is 0. The number of esters is 1.